The molecule has 0 atom stereocenters. The number of hydrogen-bond donors (Lipinski definition) is 2. The van der Waals surface area contributed by atoms with Gasteiger partial charge in [-0.3, -0.25) is 9.62 Å². The molecule has 1 saturated heterocycles. The van der Waals surface area contributed by atoms with Crippen molar-refractivity contribution in [2.75, 3.05) is 49.0 Å². The van der Waals surface area contributed by atoms with E-state index in [1.165, 1.54) is 24.5 Å². The van der Waals surface area contributed by atoms with Gasteiger partial charge in [-0.1, -0.05) is 30.4 Å². The van der Waals surface area contributed by atoms with Crippen LogP contribution in [0.5, 0.6) is 0 Å². The Morgan fingerprint density at radius 3 is 2.51 bits per heavy atom. The van der Waals surface area contributed by atoms with Gasteiger partial charge in [0.25, 0.3) is 0 Å². The smallest absolute Gasteiger partial charge is 0.229 e. The number of rotatable bonds is 6. The molecule has 2 N–H and O–H groups in total. The highest BCUT2D eigenvalue weighted by atomic mass is 35.5. The number of aromatic nitrogens is 2. The normalized spacial score (nSPS) is 15.3. The highest BCUT2D eigenvalue weighted by Gasteiger charge is 2.28. The molecule has 1 fully saturated rings. The molecule has 0 unspecified atom stereocenters. The molecule has 1 aliphatic heterocycles. The molecule has 0 radical (unpaired) electrons. The van der Waals surface area contributed by atoms with Gasteiger partial charge in [-0.25, -0.2) is 22.8 Å². The van der Waals surface area contributed by atoms with Crippen molar-refractivity contribution >= 4 is 49.7 Å². The van der Waals surface area contributed by atoms with Gasteiger partial charge in [-0.2, -0.15) is 0 Å². The van der Waals surface area contributed by atoms with Gasteiger partial charge >= 0.3 is 0 Å². The first-order valence-electron chi connectivity index (χ1n) is 11.9. The number of fused-ring (bicyclic) bond motifs is 1. The number of halogens is 2. The van der Waals surface area contributed by atoms with E-state index in [2.05, 4.69) is 62.4 Å². The number of sulfonamides is 1. The van der Waals surface area contributed by atoms with E-state index in [9.17, 15) is 12.8 Å². The maximum absolute atomic E-state index is 13.6. The van der Waals surface area contributed by atoms with Crippen LogP contribution in [0.2, 0.25) is 5.02 Å². The van der Waals surface area contributed by atoms with Gasteiger partial charge in [0.1, 0.15) is 18.0 Å². The predicted molar refractivity (Wildman–Crippen MR) is 147 cm³/mol. The van der Waals surface area contributed by atoms with Crippen molar-refractivity contribution in [2.24, 2.45) is 0 Å². The summed E-state index contributed by atoms with van der Waals surface area (Å²) in [6, 6.07) is 7.63. The summed E-state index contributed by atoms with van der Waals surface area (Å²) in [6.45, 7) is 11.2. The van der Waals surface area contributed by atoms with E-state index >= 15 is 0 Å². The van der Waals surface area contributed by atoms with E-state index in [-0.39, 0.29) is 5.02 Å². The molecule has 3 aromatic rings. The Morgan fingerprint density at radius 2 is 1.86 bits per heavy atom. The number of anilines is 3. The standard InChI is InChI=1S/C26H30ClFN6O2S/c1-5-33-10-12-34(13-11-33)26(2,3)9-8-18-14-24-20(16-23(18)32-37(4,35)36)25(30-17-29-24)31-19-6-7-22(28)21(27)15-19/h6-7,14-17,32H,5,10-13H2,1-4H3,(H,29,30,31). The third kappa shape index (κ3) is 6.67. The largest absolute Gasteiger partial charge is 0.340 e. The Morgan fingerprint density at radius 1 is 1.14 bits per heavy atom. The number of hydrogen-bond acceptors (Lipinski definition) is 7. The Kier molecular flexibility index (Phi) is 7.90. The fraction of sp³-hybridized carbons (Fsp3) is 0.385. The second-order valence-electron chi connectivity index (χ2n) is 9.50. The number of benzene rings is 2. The summed E-state index contributed by atoms with van der Waals surface area (Å²) in [5, 5.41) is 3.64. The Bertz CT molecular complexity index is 1480. The third-order valence-corrected chi connectivity index (χ3v) is 7.25. The van der Waals surface area contributed by atoms with Crippen LogP contribution in [0.25, 0.3) is 10.9 Å². The number of nitrogens with zero attached hydrogens (tertiary/aromatic N) is 4. The van der Waals surface area contributed by atoms with Crippen LogP contribution in [0.3, 0.4) is 0 Å². The van der Waals surface area contributed by atoms with Gasteiger partial charge in [-0.05, 0) is 50.7 Å². The second kappa shape index (κ2) is 10.8. The molecule has 4 rings (SSSR count). The third-order valence-electron chi connectivity index (χ3n) is 6.37. The minimum Gasteiger partial charge on any atom is -0.340 e. The zero-order chi connectivity index (χ0) is 26.8. The Balaban J connectivity index is 1.72. The number of nitrogens with one attached hydrogen (secondary N) is 2. The van der Waals surface area contributed by atoms with Gasteiger partial charge in [0.2, 0.25) is 10.0 Å². The van der Waals surface area contributed by atoms with Gasteiger partial charge in [0.15, 0.2) is 0 Å². The first-order valence-corrected chi connectivity index (χ1v) is 14.2. The molecule has 8 nitrogen and oxygen atoms in total. The summed E-state index contributed by atoms with van der Waals surface area (Å²) in [7, 11) is -3.59. The monoisotopic (exact) mass is 544 g/mol. The summed E-state index contributed by atoms with van der Waals surface area (Å²) < 4.78 is 40.5. The van der Waals surface area contributed by atoms with Crippen molar-refractivity contribution in [2.45, 2.75) is 26.3 Å². The molecule has 1 aliphatic rings. The summed E-state index contributed by atoms with van der Waals surface area (Å²) in [5.41, 5.74) is 1.52. The van der Waals surface area contributed by atoms with Crippen molar-refractivity contribution in [3.63, 3.8) is 0 Å². The first kappa shape index (κ1) is 27.1. The van der Waals surface area contributed by atoms with Crippen LogP contribution in [0, 0.1) is 17.7 Å². The maximum atomic E-state index is 13.6. The Labute approximate surface area is 222 Å². The van der Waals surface area contributed by atoms with Crippen molar-refractivity contribution in [1.29, 1.82) is 0 Å². The summed E-state index contributed by atoms with van der Waals surface area (Å²) in [4.78, 5) is 13.4. The van der Waals surface area contributed by atoms with Gasteiger partial charge in [0, 0.05) is 37.3 Å². The SMILES string of the molecule is CCN1CCN(C(C)(C)C#Cc2cc3ncnc(Nc4ccc(F)c(Cl)c4)c3cc2NS(C)(=O)=O)CC1. The van der Waals surface area contributed by atoms with E-state index in [1.807, 2.05) is 0 Å². The van der Waals surface area contributed by atoms with E-state index < -0.39 is 21.4 Å². The fourth-order valence-corrected chi connectivity index (χ4v) is 4.97. The molecule has 2 aromatic carbocycles. The highest BCUT2D eigenvalue weighted by molar-refractivity contribution is 7.92. The molecule has 0 saturated carbocycles. The zero-order valence-electron chi connectivity index (χ0n) is 21.3. The second-order valence-corrected chi connectivity index (χ2v) is 11.7. The number of piperazine rings is 1. The average molecular weight is 545 g/mol. The van der Waals surface area contributed by atoms with Crippen LogP contribution in [-0.2, 0) is 10.0 Å². The summed E-state index contributed by atoms with van der Waals surface area (Å²) >= 11 is 5.91. The molecule has 2 heterocycles. The highest BCUT2D eigenvalue weighted by Crippen LogP contribution is 2.30. The molecule has 0 bridgehead atoms. The lowest BCUT2D eigenvalue weighted by Gasteiger charge is -2.41. The predicted octanol–water partition coefficient (Wildman–Crippen LogP) is 4.31. The molecule has 37 heavy (non-hydrogen) atoms. The molecule has 1 aromatic heterocycles. The average Bonchev–Trinajstić information content (AvgIpc) is 2.84. The van der Waals surface area contributed by atoms with Gasteiger partial charge in [0.05, 0.1) is 33.6 Å². The molecule has 0 amide bonds. The quantitative estimate of drug-likeness (QED) is 0.447. The molecule has 11 heteroatoms. The molecular formula is C26H30ClFN6O2S. The van der Waals surface area contributed by atoms with Crippen molar-refractivity contribution in [3.05, 3.63) is 53.1 Å². The molecule has 0 spiro atoms. The summed E-state index contributed by atoms with van der Waals surface area (Å²) in [6.07, 6.45) is 2.49. The topological polar surface area (TPSA) is 90.5 Å². The lowest BCUT2D eigenvalue weighted by atomic mass is 10.0. The fourth-order valence-electron chi connectivity index (χ4n) is 4.22. The lowest BCUT2D eigenvalue weighted by Crippen LogP contribution is -2.54. The molecular weight excluding hydrogens is 515 g/mol. The van der Waals surface area contributed by atoms with E-state index in [4.69, 9.17) is 11.6 Å². The minimum atomic E-state index is -3.59. The molecule has 196 valence electrons. The first-order chi connectivity index (χ1) is 17.4. The van der Waals surface area contributed by atoms with Gasteiger partial charge < -0.3 is 10.2 Å². The van der Waals surface area contributed by atoms with Crippen molar-refractivity contribution < 1.29 is 12.8 Å². The van der Waals surface area contributed by atoms with Crippen LogP contribution in [0.4, 0.5) is 21.6 Å². The van der Waals surface area contributed by atoms with Crippen LogP contribution in [0.15, 0.2) is 36.7 Å². The minimum absolute atomic E-state index is 0.0286. The van der Waals surface area contributed by atoms with Crippen LogP contribution in [-0.4, -0.2) is 72.7 Å². The van der Waals surface area contributed by atoms with Crippen LogP contribution in [0.1, 0.15) is 26.3 Å². The maximum Gasteiger partial charge on any atom is 0.229 e. The van der Waals surface area contributed by atoms with Crippen LogP contribution >= 0.6 is 11.6 Å². The Hall–Kier alpha value is -2.97. The van der Waals surface area contributed by atoms with Crippen molar-refractivity contribution in [3.8, 4) is 11.8 Å². The van der Waals surface area contributed by atoms with E-state index in [0.29, 0.717) is 33.7 Å². The van der Waals surface area contributed by atoms with Gasteiger partial charge in [-0.15, -0.1) is 0 Å². The zero-order valence-corrected chi connectivity index (χ0v) is 22.8. The van der Waals surface area contributed by atoms with Crippen molar-refractivity contribution in [1.82, 2.24) is 19.8 Å². The van der Waals surface area contributed by atoms with E-state index in [0.717, 1.165) is 39.0 Å². The number of likely N-dealkylation sites (N-methyl/N-ethyl adjacent to an activating group) is 1. The van der Waals surface area contributed by atoms with E-state index in [1.54, 1.807) is 12.1 Å². The van der Waals surface area contributed by atoms with Crippen LogP contribution < -0.4 is 10.0 Å². The molecule has 0 aliphatic carbocycles. The lowest BCUT2D eigenvalue weighted by molar-refractivity contribution is 0.0841. The summed E-state index contributed by atoms with van der Waals surface area (Å²) in [5.74, 6) is 6.43.